The second-order valence-corrected chi connectivity index (χ2v) is 14.2. The zero-order valence-corrected chi connectivity index (χ0v) is 32.2. The summed E-state index contributed by atoms with van der Waals surface area (Å²) in [5, 5.41) is 0. The number of hydrogen-bond acceptors (Lipinski definition) is 4. The normalized spacial score (nSPS) is 12.1. The fourth-order valence-corrected chi connectivity index (χ4v) is 6.83. The number of benzene rings is 5. The first kappa shape index (κ1) is 35.1. The summed E-state index contributed by atoms with van der Waals surface area (Å²) in [5.74, 6) is 3.41. The molecule has 0 bridgehead atoms. The van der Waals surface area contributed by atoms with E-state index in [-0.39, 0.29) is 32.2 Å². The number of pyridine rings is 2. The predicted molar refractivity (Wildman–Crippen MR) is 208 cm³/mol. The molecule has 0 amide bonds. The Bertz CT molecular complexity index is 2390. The van der Waals surface area contributed by atoms with E-state index < -0.39 is 0 Å². The van der Waals surface area contributed by atoms with Crippen LogP contribution in [0.15, 0.2) is 134 Å². The van der Waals surface area contributed by atoms with Gasteiger partial charge in [-0.25, -0.2) is 0 Å². The van der Waals surface area contributed by atoms with Gasteiger partial charge in [0.25, 0.3) is 0 Å². The van der Waals surface area contributed by atoms with Gasteiger partial charge in [-0.05, 0) is 75.7 Å². The van der Waals surface area contributed by atoms with Crippen molar-refractivity contribution in [2.45, 2.75) is 40.0 Å². The van der Waals surface area contributed by atoms with Crippen molar-refractivity contribution in [1.29, 1.82) is 0 Å². The Morgan fingerprint density at radius 3 is 2.19 bits per heavy atom. The van der Waals surface area contributed by atoms with Crippen LogP contribution in [0.2, 0.25) is 0 Å². The summed E-state index contributed by atoms with van der Waals surface area (Å²) in [7, 11) is 0. The number of para-hydroxylation sites is 1. The quantitative estimate of drug-likeness (QED) is 0.131. The fraction of sp³-hybridized carbons (Fsp3) is 0.130. The van der Waals surface area contributed by atoms with Crippen LogP contribution in [-0.2, 0) is 25.5 Å². The zero-order valence-electron chi connectivity index (χ0n) is 29.8. The predicted octanol–water partition coefficient (Wildman–Crippen LogP) is 9.40. The van der Waals surface area contributed by atoms with Gasteiger partial charge in [0.2, 0.25) is 6.71 Å². The molecule has 9 rings (SSSR count). The van der Waals surface area contributed by atoms with E-state index in [0.717, 1.165) is 61.9 Å². The van der Waals surface area contributed by atoms with Crippen molar-refractivity contribution in [2.24, 2.45) is 0 Å². The van der Waals surface area contributed by atoms with E-state index in [1.165, 1.54) is 27.8 Å². The molecule has 4 nitrogen and oxygen atoms in total. The van der Waals surface area contributed by atoms with Crippen LogP contribution in [0.4, 0.5) is 0 Å². The Balaban J connectivity index is 0.000000174. The Morgan fingerprint density at radius 2 is 1.42 bits per heavy atom. The Labute approximate surface area is 320 Å². The van der Waals surface area contributed by atoms with Crippen LogP contribution in [0, 0.1) is 26.0 Å². The molecule has 4 heterocycles. The number of ether oxygens (including phenoxy) is 2. The third-order valence-corrected chi connectivity index (χ3v) is 9.58. The summed E-state index contributed by atoms with van der Waals surface area (Å²) in [6, 6.07) is 48.0. The van der Waals surface area contributed by atoms with Gasteiger partial charge in [0.05, 0.1) is 0 Å². The van der Waals surface area contributed by atoms with Crippen molar-refractivity contribution >= 4 is 23.1 Å². The maximum atomic E-state index is 6.50. The second-order valence-electron chi connectivity index (χ2n) is 14.2. The molecule has 0 fully saturated rings. The maximum Gasteiger partial charge on any atom is 0.241 e. The van der Waals surface area contributed by atoms with E-state index in [1.807, 2.05) is 60.9 Å². The van der Waals surface area contributed by atoms with Gasteiger partial charge in [0, 0.05) is 43.7 Å². The summed E-state index contributed by atoms with van der Waals surface area (Å²) in [6.45, 7) is 10.9. The maximum absolute atomic E-state index is 6.50. The SMILES string of the molecule is CC(C)(C)c1ccnc(-c2[c-]ccc3c2Oc2cccc4c2B3c2ccccc2O4)c1.Cc1c[c-]c(-c2cc(-c3ccccc3)c(C)cn2)cc1.[Ir]. The van der Waals surface area contributed by atoms with Crippen LogP contribution in [0.1, 0.15) is 37.5 Å². The van der Waals surface area contributed by atoms with Crippen LogP contribution in [-0.4, -0.2) is 16.7 Å². The van der Waals surface area contributed by atoms with Crippen molar-refractivity contribution < 1.29 is 29.6 Å². The van der Waals surface area contributed by atoms with E-state index in [1.54, 1.807) is 0 Å². The summed E-state index contributed by atoms with van der Waals surface area (Å²) in [6.07, 6.45) is 3.81. The number of nitrogens with zero attached hydrogens (tertiary/aromatic N) is 2. The molecule has 0 unspecified atom stereocenters. The largest absolute Gasteiger partial charge is 0.503 e. The molecular weight excluding hydrogens is 816 g/mol. The standard InChI is InChI=1S/C27H21BNO2.C19H16N.Ir/c1-27(2,3)17-14-15-29-21(16-17)18-8-6-10-20-26(18)31-24-13-7-12-23-25(24)28(20)19-9-4-5-11-22(19)30-23;1-14-8-10-17(11-9-14)19-12-18(15(2)13-20-19)16-6-4-3-5-7-16;/h4-7,9-16H,1-3H3;3-10,12-13H,1-2H3;/q2*-1;. The summed E-state index contributed by atoms with van der Waals surface area (Å²) >= 11 is 0. The van der Waals surface area contributed by atoms with Gasteiger partial charge in [-0.2, -0.15) is 0 Å². The van der Waals surface area contributed by atoms with Crippen molar-refractivity contribution in [2.75, 3.05) is 0 Å². The number of aryl methyl sites for hydroxylation is 2. The molecule has 2 aliphatic heterocycles. The molecule has 1 radical (unpaired) electrons. The summed E-state index contributed by atoms with van der Waals surface area (Å²) in [5.41, 5.74) is 13.2. The molecular formula is C46H37BIrN2O2-2. The van der Waals surface area contributed by atoms with Crippen molar-refractivity contribution in [1.82, 2.24) is 9.97 Å². The van der Waals surface area contributed by atoms with Crippen LogP contribution >= 0.6 is 0 Å². The number of rotatable bonds is 3. The number of aromatic nitrogens is 2. The number of fused-ring (bicyclic) bond motifs is 4. The third-order valence-electron chi connectivity index (χ3n) is 9.58. The molecule has 0 atom stereocenters. The molecule has 5 aromatic carbocycles. The first-order valence-corrected chi connectivity index (χ1v) is 17.3. The topological polar surface area (TPSA) is 44.2 Å². The van der Waals surface area contributed by atoms with Gasteiger partial charge in [0.1, 0.15) is 17.2 Å². The molecule has 0 saturated heterocycles. The van der Waals surface area contributed by atoms with E-state index in [9.17, 15) is 0 Å². The molecule has 2 aliphatic rings. The third kappa shape index (κ3) is 6.73. The molecule has 2 aromatic heterocycles. The van der Waals surface area contributed by atoms with Gasteiger partial charge in [-0.1, -0.05) is 100.0 Å². The van der Waals surface area contributed by atoms with Crippen LogP contribution in [0.3, 0.4) is 0 Å². The van der Waals surface area contributed by atoms with E-state index in [2.05, 4.69) is 130 Å². The minimum Gasteiger partial charge on any atom is -0.503 e. The molecule has 7 aromatic rings. The van der Waals surface area contributed by atoms with Crippen molar-refractivity contribution in [3.63, 3.8) is 0 Å². The van der Waals surface area contributed by atoms with Gasteiger partial charge >= 0.3 is 0 Å². The summed E-state index contributed by atoms with van der Waals surface area (Å²) < 4.78 is 12.7. The van der Waals surface area contributed by atoms with Crippen molar-refractivity contribution in [3.05, 3.63) is 163 Å². The monoisotopic (exact) mass is 853 g/mol. The molecule has 0 saturated carbocycles. The van der Waals surface area contributed by atoms with E-state index >= 15 is 0 Å². The fourth-order valence-electron chi connectivity index (χ4n) is 6.83. The van der Waals surface area contributed by atoms with Gasteiger partial charge in [-0.15, -0.1) is 59.1 Å². The Morgan fingerprint density at radius 1 is 0.673 bits per heavy atom. The average molecular weight is 853 g/mol. The first-order chi connectivity index (χ1) is 24.7. The molecule has 6 heteroatoms. The van der Waals surface area contributed by atoms with Crippen LogP contribution in [0.25, 0.3) is 33.6 Å². The number of hydrogen-bond donors (Lipinski definition) is 0. The molecule has 0 aliphatic carbocycles. The summed E-state index contributed by atoms with van der Waals surface area (Å²) in [4.78, 5) is 9.21. The smallest absolute Gasteiger partial charge is 0.241 e. The van der Waals surface area contributed by atoms with Gasteiger partial charge in [0.15, 0.2) is 0 Å². The minimum atomic E-state index is 0. The van der Waals surface area contributed by atoms with Crippen LogP contribution in [0.5, 0.6) is 23.0 Å². The van der Waals surface area contributed by atoms with E-state index in [0.29, 0.717) is 0 Å². The zero-order chi connectivity index (χ0) is 35.1. The van der Waals surface area contributed by atoms with Crippen molar-refractivity contribution in [3.8, 4) is 56.6 Å². The van der Waals surface area contributed by atoms with Gasteiger partial charge < -0.3 is 19.4 Å². The van der Waals surface area contributed by atoms with E-state index in [4.69, 9.17) is 9.47 Å². The minimum absolute atomic E-state index is 0. The van der Waals surface area contributed by atoms with Crippen LogP contribution < -0.4 is 25.9 Å². The first-order valence-electron chi connectivity index (χ1n) is 17.3. The molecule has 257 valence electrons. The Hall–Kier alpha value is -5.29. The average Bonchev–Trinajstić information content (AvgIpc) is 3.15. The molecule has 52 heavy (non-hydrogen) atoms. The van der Waals surface area contributed by atoms with Gasteiger partial charge in [-0.3, -0.25) is 0 Å². The molecule has 0 spiro atoms. The second kappa shape index (κ2) is 14.4. The Kier molecular flexibility index (Phi) is 9.72. The molecule has 0 N–H and O–H groups in total.